The summed E-state index contributed by atoms with van der Waals surface area (Å²) >= 11 is 0. The van der Waals surface area contributed by atoms with Gasteiger partial charge in [0.15, 0.2) is 0 Å². The molecular weight excluding hydrogens is 176 g/mol. The molecule has 0 aliphatic carbocycles. The minimum absolute atomic E-state index is 0.238. The SMILES string of the molecule is N#Cc1cccc(N2CCC(N)C2)n1. The molecule has 1 atom stereocenters. The van der Waals surface area contributed by atoms with E-state index in [1.54, 1.807) is 6.07 Å². The predicted octanol–water partition coefficient (Wildman–Crippen LogP) is 0.491. The van der Waals surface area contributed by atoms with Crippen LogP contribution in [0.2, 0.25) is 0 Å². The van der Waals surface area contributed by atoms with Crippen LogP contribution in [0.25, 0.3) is 0 Å². The third-order valence-corrected chi connectivity index (χ3v) is 2.40. The van der Waals surface area contributed by atoms with Crippen LogP contribution in [0, 0.1) is 11.3 Å². The summed E-state index contributed by atoms with van der Waals surface area (Å²) in [7, 11) is 0. The Balaban J connectivity index is 2.20. The Bertz CT molecular complexity index is 369. The fourth-order valence-electron chi connectivity index (χ4n) is 1.66. The molecule has 1 aliphatic heterocycles. The van der Waals surface area contributed by atoms with E-state index < -0.39 is 0 Å². The number of rotatable bonds is 1. The predicted molar refractivity (Wildman–Crippen MR) is 53.8 cm³/mol. The summed E-state index contributed by atoms with van der Waals surface area (Å²) in [5, 5.41) is 8.70. The zero-order chi connectivity index (χ0) is 9.97. The van der Waals surface area contributed by atoms with Gasteiger partial charge in [-0.25, -0.2) is 4.98 Å². The van der Waals surface area contributed by atoms with Crippen LogP contribution in [0.1, 0.15) is 12.1 Å². The van der Waals surface area contributed by atoms with Gasteiger partial charge in [-0.1, -0.05) is 6.07 Å². The van der Waals surface area contributed by atoms with Gasteiger partial charge >= 0.3 is 0 Å². The molecule has 4 heteroatoms. The molecule has 2 N–H and O–H groups in total. The Hall–Kier alpha value is -1.60. The van der Waals surface area contributed by atoms with Crippen LogP contribution in [0.3, 0.4) is 0 Å². The zero-order valence-electron chi connectivity index (χ0n) is 7.85. The monoisotopic (exact) mass is 188 g/mol. The van der Waals surface area contributed by atoms with Crippen molar-refractivity contribution in [3.05, 3.63) is 23.9 Å². The maximum absolute atomic E-state index is 8.70. The summed E-state index contributed by atoms with van der Waals surface area (Å²) in [4.78, 5) is 6.33. The molecule has 1 aromatic heterocycles. The molecule has 0 bridgehead atoms. The molecule has 0 saturated carbocycles. The number of nitrogens with zero attached hydrogens (tertiary/aromatic N) is 3. The van der Waals surface area contributed by atoms with Crippen LogP contribution in [0.15, 0.2) is 18.2 Å². The second kappa shape index (κ2) is 3.64. The number of hydrogen-bond acceptors (Lipinski definition) is 4. The van der Waals surface area contributed by atoms with E-state index in [4.69, 9.17) is 11.0 Å². The first-order valence-electron chi connectivity index (χ1n) is 4.67. The highest BCUT2D eigenvalue weighted by Gasteiger charge is 2.19. The molecule has 0 spiro atoms. The smallest absolute Gasteiger partial charge is 0.142 e. The van der Waals surface area contributed by atoms with E-state index in [-0.39, 0.29) is 6.04 Å². The highest BCUT2D eigenvalue weighted by molar-refractivity contribution is 5.42. The van der Waals surface area contributed by atoms with E-state index in [0.717, 1.165) is 25.3 Å². The number of anilines is 1. The molecule has 2 rings (SSSR count). The van der Waals surface area contributed by atoms with E-state index in [0.29, 0.717) is 5.69 Å². The molecular formula is C10H12N4. The molecule has 1 aliphatic rings. The van der Waals surface area contributed by atoms with Gasteiger partial charge in [-0.05, 0) is 18.6 Å². The average molecular weight is 188 g/mol. The summed E-state index contributed by atoms with van der Waals surface area (Å²) in [6, 6.07) is 7.75. The van der Waals surface area contributed by atoms with Crippen molar-refractivity contribution < 1.29 is 0 Å². The van der Waals surface area contributed by atoms with E-state index >= 15 is 0 Å². The van der Waals surface area contributed by atoms with Crippen LogP contribution in [-0.4, -0.2) is 24.1 Å². The molecule has 0 aromatic carbocycles. The maximum atomic E-state index is 8.70. The lowest BCUT2D eigenvalue weighted by Crippen LogP contribution is -2.26. The van der Waals surface area contributed by atoms with Crippen molar-refractivity contribution in [1.82, 2.24) is 4.98 Å². The van der Waals surface area contributed by atoms with Crippen molar-refractivity contribution in [2.45, 2.75) is 12.5 Å². The molecule has 1 fully saturated rings. The molecule has 14 heavy (non-hydrogen) atoms. The second-order valence-electron chi connectivity index (χ2n) is 3.49. The number of hydrogen-bond donors (Lipinski definition) is 1. The normalized spacial score (nSPS) is 20.9. The van der Waals surface area contributed by atoms with Gasteiger partial charge in [-0.2, -0.15) is 5.26 Å². The van der Waals surface area contributed by atoms with Gasteiger partial charge in [-0.3, -0.25) is 0 Å². The first-order chi connectivity index (χ1) is 6.79. The van der Waals surface area contributed by atoms with Crippen molar-refractivity contribution >= 4 is 5.82 Å². The summed E-state index contributed by atoms with van der Waals surface area (Å²) in [6.07, 6.45) is 0.998. The van der Waals surface area contributed by atoms with Gasteiger partial charge in [0.2, 0.25) is 0 Å². The van der Waals surface area contributed by atoms with Crippen LogP contribution < -0.4 is 10.6 Å². The lowest BCUT2D eigenvalue weighted by Gasteiger charge is -2.16. The van der Waals surface area contributed by atoms with Gasteiger partial charge in [0, 0.05) is 19.1 Å². The van der Waals surface area contributed by atoms with Gasteiger partial charge in [0.25, 0.3) is 0 Å². The standard InChI is InChI=1S/C10H12N4/c11-6-9-2-1-3-10(13-9)14-5-4-8(12)7-14/h1-3,8H,4-5,7,12H2. The van der Waals surface area contributed by atoms with Crippen molar-refractivity contribution in [2.24, 2.45) is 5.73 Å². The minimum Gasteiger partial charge on any atom is -0.355 e. The third kappa shape index (κ3) is 1.68. The number of nitrogens with two attached hydrogens (primary N) is 1. The molecule has 72 valence electrons. The van der Waals surface area contributed by atoms with Crippen LogP contribution in [-0.2, 0) is 0 Å². The fourth-order valence-corrected chi connectivity index (χ4v) is 1.66. The zero-order valence-corrected chi connectivity index (χ0v) is 7.85. The molecule has 1 aromatic rings. The first-order valence-corrected chi connectivity index (χ1v) is 4.67. The van der Waals surface area contributed by atoms with Crippen LogP contribution in [0.5, 0.6) is 0 Å². The highest BCUT2D eigenvalue weighted by atomic mass is 15.2. The molecule has 1 unspecified atom stereocenters. The van der Waals surface area contributed by atoms with Crippen molar-refractivity contribution in [3.8, 4) is 6.07 Å². The average Bonchev–Trinajstić information content (AvgIpc) is 2.65. The Labute approximate surface area is 83.0 Å². The Morgan fingerprint density at radius 1 is 1.57 bits per heavy atom. The quantitative estimate of drug-likeness (QED) is 0.696. The summed E-state index contributed by atoms with van der Waals surface area (Å²) < 4.78 is 0. The topological polar surface area (TPSA) is 65.9 Å². The second-order valence-corrected chi connectivity index (χ2v) is 3.49. The van der Waals surface area contributed by atoms with E-state index in [1.165, 1.54) is 0 Å². The van der Waals surface area contributed by atoms with Gasteiger partial charge in [0.05, 0.1) is 0 Å². The summed E-state index contributed by atoms with van der Waals surface area (Å²) in [5.41, 5.74) is 6.26. The molecule has 0 radical (unpaired) electrons. The van der Waals surface area contributed by atoms with Crippen LogP contribution >= 0.6 is 0 Å². The summed E-state index contributed by atoms with van der Waals surface area (Å²) in [5.74, 6) is 0.858. The molecule has 1 saturated heterocycles. The van der Waals surface area contributed by atoms with Crippen molar-refractivity contribution in [3.63, 3.8) is 0 Å². The van der Waals surface area contributed by atoms with E-state index in [9.17, 15) is 0 Å². The molecule has 0 amide bonds. The van der Waals surface area contributed by atoms with Crippen molar-refractivity contribution in [1.29, 1.82) is 5.26 Å². The first kappa shape index (κ1) is 8.97. The lowest BCUT2D eigenvalue weighted by molar-refractivity contribution is 0.751. The maximum Gasteiger partial charge on any atom is 0.142 e. The van der Waals surface area contributed by atoms with Gasteiger partial charge < -0.3 is 10.6 Å². The van der Waals surface area contributed by atoms with Crippen molar-refractivity contribution in [2.75, 3.05) is 18.0 Å². The Morgan fingerprint density at radius 2 is 2.43 bits per heavy atom. The Morgan fingerprint density at radius 3 is 3.07 bits per heavy atom. The third-order valence-electron chi connectivity index (χ3n) is 2.40. The van der Waals surface area contributed by atoms with Gasteiger partial charge in [-0.15, -0.1) is 0 Å². The number of pyridine rings is 1. The van der Waals surface area contributed by atoms with Gasteiger partial charge in [0.1, 0.15) is 17.6 Å². The van der Waals surface area contributed by atoms with Crippen LogP contribution in [0.4, 0.5) is 5.82 Å². The minimum atomic E-state index is 0.238. The number of aromatic nitrogens is 1. The largest absolute Gasteiger partial charge is 0.355 e. The fraction of sp³-hybridized carbons (Fsp3) is 0.400. The van der Waals surface area contributed by atoms with E-state index in [2.05, 4.69) is 9.88 Å². The number of nitriles is 1. The molecule has 4 nitrogen and oxygen atoms in total. The lowest BCUT2D eigenvalue weighted by atomic mass is 10.3. The Kier molecular flexibility index (Phi) is 2.33. The highest BCUT2D eigenvalue weighted by Crippen LogP contribution is 2.16. The summed E-state index contributed by atoms with van der Waals surface area (Å²) in [6.45, 7) is 1.77. The molecule has 2 heterocycles. The van der Waals surface area contributed by atoms with E-state index in [1.807, 2.05) is 18.2 Å².